The van der Waals surface area contributed by atoms with Crippen LogP contribution in [-0.2, 0) is 4.74 Å². The van der Waals surface area contributed by atoms with Crippen molar-refractivity contribution in [3.8, 4) is 0 Å². The van der Waals surface area contributed by atoms with E-state index < -0.39 is 0 Å². The Hall–Kier alpha value is -0.120. The van der Waals surface area contributed by atoms with Gasteiger partial charge in [0.05, 0.1) is 12.7 Å². The molecule has 0 aliphatic carbocycles. The molecule has 0 bridgehead atoms. The van der Waals surface area contributed by atoms with Crippen molar-refractivity contribution in [1.29, 1.82) is 0 Å². The second-order valence-electron chi connectivity index (χ2n) is 4.87. The first kappa shape index (κ1) is 15.9. The Balaban J connectivity index is 3.38. The quantitative estimate of drug-likeness (QED) is 0.622. The summed E-state index contributed by atoms with van der Waals surface area (Å²) in [5.41, 5.74) is 0. The minimum atomic E-state index is 0.346. The van der Waals surface area contributed by atoms with Crippen LogP contribution in [-0.4, -0.2) is 50.3 Å². The second-order valence-corrected chi connectivity index (χ2v) is 4.87. The molecule has 0 amide bonds. The fourth-order valence-electron chi connectivity index (χ4n) is 1.46. The maximum atomic E-state index is 5.53. The Morgan fingerprint density at radius 2 is 1.88 bits per heavy atom. The summed E-state index contributed by atoms with van der Waals surface area (Å²) in [4.78, 5) is 2.34. The largest absolute Gasteiger partial charge is 0.377 e. The van der Waals surface area contributed by atoms with Crippen molar-refractivity contribution < 1.29 is 4.74 Å². The molecule has 0 rings (SSSR count). The lowest BCUT2D eigenvalue weighted by atomic mass is 10.2. The predicted octanol–water partition coefficient (Wildman–Crippen LogP) is 2.12. The number of nitrogens with one attached hydrogen (secondary N) is 1. The minimum absolute atomic E-state index is 0.346. The zero-order chi connectivity index (χ0) is 12.4. The van der Waals surface area contributed by atoms with Gasteiger partial charge in [-0.2, -0.15) is 0 Å². The van der Waals surface area contributed by atoms with Crippen molar-refractivity contribution in [2.75, 3.05) is 33.3 Å². The number of likely N-dealkylation sites (N-methyl/N-ethyl adjacent to an activating group) is 1. The summed E-state index contributed by atoms with van der Waals surface area (Å²) in [6.07, 6.45) is 2.76. The van der Waals surface area contributed by atoms with Crippen LogP contribution in [0.3, 0.4) is 0 Å². The first-order valence-electron chi connectivity index (χ1n) is 6.59. The fourth-order valence-corrected chi connectivity index (χ4v) is 1.46. The van der Waals surface area contributed by atoms with Gasteiger partial charge >= 0.3 is 0 Å². The third-order valence-corrected chi connectivity index (χ3v) is 2.61. The van der Waals surface area contributed by atoms with Gasteiger partial charge in [-0.15, -0.1) is 0 Å². The lowest BCUT2D eigenvalue weighted by molar-refractivity contribution is 0.0633. The molecule has 0 aromatic carbocycles. The predicted molar refractivity (Wildman–Crippen MR) is 71.0 cm³/mol. The Labute approximate surface area is 102 Å². The van der Waals surface area contributed by atoms with Crippen LogP contribution in [0.5, 0.6) is 0 Å². The molecule has 0 saturated heterocycles. The van der Waals surface area contributed by atoms with Crippen molar-refractivity contribution in [1.82, 2.24) is 10.2 Å². The van der Waals surface area contributed by atoms with Crippen LogP contribution in [0.25, 0.3) is 0 Å². The van der Waals surface area contributed by atoms with Gasteiger partial charge in [0.25, 0.3) is 0 Å². The molecule has 0 aliphatic rings. The van der Waals surface area contributed by atoms with E-state index in [1.807, 2.05) is 0 Å². The standard InChI is InChI=1S/C13H30N2O/c1-6-8-14-13(4)7-9-15(5)10-11-16-12(2)3/h12-14H,6-11H2,1-5H3. The van der Waals surface area contributed by atoms with Gasteiger partial charge in [-0.25, -0.2) is 0 Å². The van der Waals surface area contributed by atoms with E-state index in [0.717, 1.165) is 26.2 Å². The van der Waals surface area contributed by atoms with Crippen LogP contribution in [0.15, 0.2) is 0 Å². The van der Waals surface area contributed by atoms with E-state index in [1.54, 1.807) is 0 Å². The summed E-state index contributed by atoms with van der Waals surface area (Å²) in [6.45, 7) is 12.8. The normalized spacial score (nSPS) is 13.7. The van der Waals surface area contributed by atoms with E-state index in [4.69, 9.17) is 4.74 Å². The molecule has 0 aromatic rings. The van der Waals surface area contributed by atoms with E-state index in [2.05, 4.69) is 45.0 Å². The highest BCUT2D eigenvalue weighted by Gasteiger charge is 2.03. The van der Waals surface area contributed by atoms with E-state index in [1.165, 1.54) is 12.8 Å². The summed E-state index contributed by atoms with van der Waals surface area (Å²) in [6, 6.07) is 0.619. The monoisotopic (exact) mass is 230 g/mol. The van der Waals surface area contributed by atoms with Gasteiger partial charge in [0.15, 0.2) is 0 Å². The molecular formula is C13H30N2O. The van der Waals surface area contributed by atoms with Gasteiger partial charge < -0.3 is 15.0 Å². The van der Waals surface area contributed by atoms with Crippen LogP contribution in [0.2, 0.25) is 0 Å². The topological polar surface area (TPSA) is 24.5 Å². The molecule has 0 aliphatic heterocycles. The zero-order valence-electron chi connectivity index (χ0n) is 11.8. The molecule has 3 nitrogen and oxygen atoms in total. The smallest absolute Gasteiger partial charge is 0.0596 e. The molecule has 0 saturated carbocycles. The molecule has 16 heavy (non-hydrogen) atoms. The summed E-state index contributed by atoms with van der Waals surface area (Å²) in [5, 5.41) is 3.50. The van der Waals surface area contributed by atoms with E-state index in [9.17, 15) is 0 Å². The molecule has 1 unspecified atom stereocenters. The first-order chi connectivity index (χ1) is 7.56. The maximum absolute atomic E-state index is 5.53. The average molecular weight is 230 g/mol. The fraction of sp³-hybridized carbons (Fsp3) is 1.00. The molecule has 98 valence electrons. The lowest BCUT2D eigenvalue weighted by Crippen LogP contribution is -2.32. The summed E-state index contributed by atoms with van der Waals surface area (Å²) in [5.74, 6) is 0. The highest BCUT2D eigenvalue weighted by atomic mass is 16.5. The van der Waals surface area contributed by atoms with Gasteiger partial charge in [-0.1, -0.05) is 6.92 Å². The van der Waals surface area contributed by atoms with Crippen molar-refractivity contribution in [3.05, 3.63) is 0 Å². The summed E-state index contributed by atoms with van der Waals surface area (Å²) >= 11 is 0. The Kier molecular flexibility index (Phi) is 9.99. The molecular weight excluding hydrogens is 200 g/mol. The molecule has 0 aromatic heterocycles. The van der Waals surface area contributed by atoms with Crippen molar-refractivity contribution in [2.45, 2.75) is 52.7 Å². The van der Waals surface area contributed by atoms with Crippen molar-refractivity contribution in [2.24, 2.45) is 0 Å². The van der Waals surface area contributed by atoms with Gasteiger partial charge in [-0.05, 0) is 53.8 Å². The van der Waals surface area contributed by atoms with Crippen LogP contribution < -0.4 is 5.32 Å². The third-order valence-electron chi connectivity index (χ3n) is 2.61. The third kappa shape index (κ3) is 10.4. The number of nitrogens with zero attached hydrogens (tertiary/aromatic N) is 1. The second kappa shape index (κ2) is 10.1. The molecule has 0 heterocycles. The number of hydrogen-bond donors (Lipinski definition) is 1. The number of hydrogen-bond acceptors (Lipinski definition) is 3. The van der Waals surface area contributed by atoms with Crippen LogP contribution in [0.1, 0.15) is 40.5 Å². The SMILES string of the molecule is CCCNC(C)CCN(C)CCOC(C)C. The maximum Gasteiger partial charge on any atom is 0.0596 e. The molecule has 1 N–H and O–H groups in total. The van der Waals surface area contributed by atoms with Crippen molar-refractivity contribution in [3.63, 3.8) is 0 Å². The molecule has 0 fully saturated rings. The molecule has 0 radical (unpaired) electrons. The number of rotatable bonds is 10. The van der Waals surface area contributed by atoms with Crippen LogP contribution in [0.4, 0.5) is 0 Å². The van der Waals surface area contributed by atoms with Gasteiger partial charge in [-0.3, -0.25) is 0 Å². The Morgan fingerprint density at radius 3 is 2.44 bits per heavy atom. The van der Waals surface area contributed by atoms with Gasteiger partial charge in [0.2, 0.25) is 0 Å². The average Bonchev–Trinajstić information content (AvgIpc) is 2.23. The first-order valence-corrected chi connectivity index (χ1v) is 6.59. The van der Waals surface area contributed by atoms with E-state index >= 15 is 0 Å². The summed E-state index contributed by atoms with van der Waals surface area (Å²) < 4.78 is 5.53. The van der Waals surface area contributed by atoms with Crippen LogP contribution >= 0.6 is 0 Å². The highest BCUT2D eigenvalue weighted by Crippen LogP contribution is 1.95. The minimum Gasteiger partial charge on any atom is -0.377 e. The highest BCUT2D eigenvalue weighted by molar-refractivity contribution is 4.62. The van der Waals surface area contributed by atoms with Gasteiger partial charge in [0, 0.05) is 12.6 Å². The molecule has 1 atom stereocenters. The zero-order valence-corrected chi connectivity index (χ0v) is 11.8. The number of ether oxygens (including phenoxy) is 1. The Bertz CT molecular complexity index is 151. The van der Waals surface area contributed by atoms with Crippen molar-refractivity contribution >= 4 is 0 Å². The van der Waals surface area contributed by atoms with Gasteiger partial charge in [0.1, 0.15) is 0 Å². The molecule has 0 spiro atoms. The van der Waals surface area contributed by atoms with E-state index in [-0.39, 0.29) is 0 Å². The van der Waals surface area contributed by atoms with E-state index in [0.29, 0.717) is 12.1 Å². The summed E-state index contributed by atoms with van der Waals surface area (Å²) in [7, 11) is 2.16. The lowest BCUT2D eigenvalue weighted by Gasteiger charge is -2.20. The molecule has 3 heteroatoms. The Morgan fingerprint density at radius 1 is 1.19 bits per heavy atom. The van der Waals surface area contributed by atoms with Crippen LogP contribution in [0, 0.1) is 0 Å².